The van der Waals surface area contributed by atoms with Crippen LogP contribution in [0.2, 0.25) is 0 Å². The first-order valence-corrected chi connectivity index (χ1v) is 8.30. The van der Waals surface area contributed by atoms with Crippen molar-refractivity contribution in [1.29, 1.82) is 0 Å². The second kappa shape index (κ2) is 5.60. The highest BCUT2D eigenvalue weighted by Gasteiger charge is 2.35. The summed E-state index contributed by atoms with van der Waals surface area (Å²) in [4.78, 5) is 13.3. The van der Waals surface area contributed by atoms with Crippen LogP contribution in [0.5, 0.6) is 0 Å². The minimum atomic E-state index is -3.63. The van der Waals surface area contributed by atoms with Gasteiger partial charge in [-0.25, -0.2) is 13.6 Å². The van der Waals surface area contributed by atoms with Crippen molar-refractivity contribution in [2.45, 2.75) is 18.1 Å². The lowest BCUT2D eigenvalue weighted by molar-refractivity contribution is -0.127. The maximum Gasteiger partial charge on any atom is 0.224 e. The SMILES string of the molecule is NS(=O)(=O)C1CC(=O)N(CCc2cccc(Br)c2)C1. The molecule has 1 aliphatic rings. The molecule has 1 aromatic rings. The van der Waals surface area contributed by atoms with E-state index >= 15 is 0 Å². The van der Waals surface area contributed by atoms with Crippen molar-refractivity contribution in [1.82, 2.24) is 4.90 Å². The van der Waals surface area contributed by atoms with Gasteiger partial charge in [-0.15, -0.1) is 0 Å². The third kappa shape index (κ3) is 3.77. The minimum Gasteiger partial charge on any atom is -0.341 e. The number of hydrogen-bond acceptors (Lipinski definition) is 3. The fraction of sp³-hybridized carbons (Fsp3) is 0.417. The molecule has 0 bridgehead atoms. The Morgan fingerprint density at radius 2 is 2.16 bits per heavy atom. The molecule has 104 valence electrons. The number of rotatable bonds is 4. The average molecular weight is 347 g/mol. The van der Waals surface area contributed by atoms with Crippen molar-refractivity contribution < 1.29 is 13.2 Å². The molecule has 1 unspecified atom stereocenters. The van der Waals surface area contributed by atoms with Crippen LogP contribution < -0.4 is 5.14 Å². The Morgan fingerprint density at radius 1 is 1.42 bits per heavy atom. The van der Waals surface area contributed by atoms with Crippen LogP contribution in [0.1, 0.15) is 12.0 Å². The Balaban J connectivity index is 1.96. The Labute approximate surface area is 121 Å². The van der Waals surface area contributed by atoms with Gasteiger partial charge >= 0.3 is 0 Å². The molecule has 0 aliphatic carbocycles. The molecule has 1 saturated heterocycles. The lowest BCUT2D eigenvalue weighted by atomic mass is 10.1. The maximum atomic E-state index is 11.7. The first kappa shape index (κ1) is 14.5. The standard InChI is InChI=1S/C12H15BrN2O3S/c13-10-3-1-2-9(6-10)4-5-15-8-11(7-12(15)16)19(14,17)18/h1-3,6,11H,4-5,7-8H2,(H2,14,17,18). The van der Waals surface area contributed by atoms with E-state index in [1.807, 2.05) is 24.3 Å². The predicted octanol–water partition coefficient (Wildman–Crippen LogP) is 0.881. The molecule has 5 nitrogen and oxygen atoms in total. The maximum absolute atomic E-state index is 11.7. The quantitative estimate of drug-likeness (QED) is 0.878. The number of sulfonamides is 1. The highest BCUT2D eigenvalue weighted by molar-refractivity contribution is 9.10. The summed E-state index contributed by atoms with van der Waals surface area (Å²) in [5.74, 6) is -0.144. The van der Waals surface area contributed by atoms with Crippen molar-refractivity contribution in [3.8, 4) is 0 Å². The second-order valence-electron chi connectivity index (χ2n) is 4.63. The van der Waals surface area contributed by atoms with Crippen molar-refractivity contribution in [2.75, 3.05) is 13.1 Å². The molecule has 19 heavy (non-hydrogen) atoms. The van der Waals surface area contributed by atoms with Gasteiger partial charge in [0.05, 0.1) is 0 Å². The van der Waals surface area contributed by atoms with Crippen LogP contribution in [0, 0.1) is 0 Å². The van der Waals surface area contributed by atoms with E-state index in [1.165, 1.54) is 0 Å². The van der Waals surface area contributed by atoms with Crippen LogP contribution in [0.3, 0.4) is 0 Å². The van der Waals surface area contributed by atoms with Gasteiger partial charge in [0.2, 0.25) is 15.9 Å². The van der Waals surface area contributed by atoms with Crippen LogP contribution >= 0.6 is 15.9 Å². The summed E-state index contributed by atoms with van der Waals surface area (Å²) in [7, 11) is -3.63. The van der Waals surface area contributed by atoms with Crippen LogP contribution in [0.25, 0.3) is 0 Å². The van der Waals surface area contributed by atoms with E-state index in [2.05, 4.69) is 15.9 Å². The lowest BCUT2D eigenvalue weighted by Gasteiger charge is -2.16. The smallest absolute Gasteiger partial charge is 0.224 e. The summed E-state index contributed by atoms with van der Waals surface area (Å²) < 4.78 is 23.5. The summed E-state index contributed by atoms with van der Waals surface area (Å²) in [6.07, 6.45) is 0.694. The van der Waals surface area contributed by atoms with Crippen LogP contribution in [0.4, 0.5) is 0 Å². The van der Waals surface area contributed by atoms with Crippen LogP contribution in [-0.4, -0.2) is 37.6 Å². The van der Waals surface area contributed by atoms with E-state index < -0.39 is 15.3 Å². The fourth-order valence-corrected chi connectivity index (χ4v) is 3.34. The predicted molar refractivity (Wildman–Crippen MR) is 75.9 cm³/mol. The highest BCUT2D eigenvalue weighted by Crippen LogP contribution is 2.18. The minimum absolute atomic E-state index is 0.00266. The monoisotopic (exact) mass is 346 g/mol. The molecule has 2 N–H and O–H groups in total. The van der Waals surface area contributed by atoms with Crippen molar-refractivity contribution in [3.05, 3.63) is 34.3 Å². The normalized spacial score (nSPS) is 20.0. The molecular formula is C12H15BrN2O3S. The summed E-state index contributed by atoms with van der Waals surface area (Å²) in [6, 6.07) is 7.82. The molecule has 1 fully saturated rings. The van der Waals surface area contributed by atoms with E-state index in [0.717, 1.165) is 10.0 Å². The molecule has 1 aromatic carbocycles. The Hall–Kier alpha value is -0.920. The number of primary sulfonamides is 1. The second-order valence-corrected chi connectivity index (χ2v) is 7.40. The lowest BCUT2D eigenvalue weighted by Crippen LogP contribution is -2.33. The highest BCUT2D eigenvalue weighted by atomic mass is 79.9. The van der Waals surface area contributed by atoms with Crippen LogP contribution in [-0.2, 0) is 21.2 Å². The van der Waals surface area contributed by atoms with Gasteiger partial charge in [-0.3, -0.25) is 4.79 Å². The van der Waals surface area contributed by atoms with Gasteiger partial charge in [0, 0.05) is 24.0 Å². The molecule has 0 aromatic heterocycles. The van der Waals surface area contributed by atoms with Crippen LogP contribution in [0.15, 0.2) is 28.7 Å². The van der Waals surface area contributed by atoms with E-state index in [1.54, 1.807) is 4.90 Å². The van der Waals surface area contributed by atoms with Gasteiger partial charge in [-0.2, -0.15) is 0 Å². The van der Waals surface area contributed by atoms with Crippen molar-refractivity contribution in [2.24, 2.45) is 5.14 Å². The molecule has 1 aliphatic heterocycles. The zero-order valence-corrected chi connectivity index (χ0v) is 12.7. The largest absolute Gasteiger partial charge is 0.341 e. The summed E-state index contributed by atoms with van der Waals surface area (Å²) in [5, 5.41) is 4.32. The van der Waals surface area contributed by atoms with Gasteiger partial charge in [-0.05, 0) is 24.1 Å². The number of carbonyl (C=O) groups is 1. The van der Waals surface area contributed by atoms with E-state index in [9.17, 15) is 13.2 Å². The van der Waals surface area contributed by atoms with Crippen molar-refractivity contribution >= 4 is 31.9 Å². The summed E-state index contributed by atoms with van der Waals surface area (Å²) in [5.41, 5.74) is 1.10. The molecule has 7 heteroatoms. The molecular weight excluding hydrogens is 332 g/mol. The number of halogens is 1. The van der Waals surface area contributed by atoms with Gasteiger partial charge in [0.1, 0.15) is 5.25 Å². The van der Waals surface area contributed by atoms with E-state index in [4.69, 9.17) is 5.14 Å². The molecule has 2 rings (SSSR count). The first-order chi connectivity index (χ1) is 8.86. The molecule has 0 radical (unpaired) electrons. The summed E-state index contributed by atoms with van der Waals surface area (Å²) in [6.45, 7) is 0.715. The number of carbonyl (C=O) groups excluding carboxylic acids is 1. The first-order valence-electron chi connectivity index (χ1n) is 5.90. The van der Waals surface area contributed by atoms with Crippen molar-refractivity contribution in [3.63, 3.8) is 0 Å². The number of benzene rings is 1. The third-order valence-corrected chi connectivity index (χ3v) is 4.94. The number of hydrogen-bond donors (Lipinski definition) is 1. The van der Waals surface area contributed by atoms with Gasteiger partial charge in [-0.1, -0.05) is 28.1 Å². The van der Waals surface area contributed by atoms with E-state index in [0.29, 0.717) is 13.0 Å². The third-order valence-electron chi connectivity index (χ3n) is 3.20. The number of nitrogens with two attached hydrogens (primary N) is 1. The zero-order valence-electron chi connectivity index (χ0n) is 10.3. The zero-order chi connectivity index (χ0) is 14.0. The van der Waals surface area contributed by atoms with Gasteiger partial charge in [0.15, 0.2) is 0 Å². The number of amides is 1. The molecule has 0 spiro atoms. The Kier molecular flexibility index (Phi) is 4.27. The Bertz CT molecular complexity index is 588. The fourth-order valence-electron chi connectivity index (χ4n) is 2.13. The average Bonchev–Trinajstić information content (AvgIpc) is 2.68. The molecule has 1 heterocycles. The van der Waals surface area contributed by atoms with Gasteiger partial charge < -0.3 is 4.90 Å². The Morgan fingerprint density at radius 3 is 2.74 bits per heavy atom. The number of nitrogens with zero attached hydrogens (tertiary/aromatic N) is 1. The number of likely N-dealkylation sites (tertiary alicyclic amines) is 1. The molecule has 1 amide bonds. The van der Waals surface area contributed by atoms with Gasteiger partial charge in [0.25, 0.3) is 0 Å². The molecule has 1 atom stereocenters. The molecule has 0 saturated carbocycles. The topological polar surface area (TPSA) is 80.5 Å². The van der Waals surface area contributed by atoms with E-state index in [-0.39, 0.29) is 18.9 Å². The summed E-state index contributed by atoms with van der Waals surface area (Å²) >= 11 is 3.39.